The van der Waals surface area contributed by atoms with Crippen LogP contribution in [0, 0.1) is 10.1 Å². The molecule has 10 nitrogen and oxygen atoms in total. The first-order valence-corrected chi connectivity index (χ1v) is 8.93. The molecule has 0 atom stereocenters. The quantitative estimate of drug-likeness (QED) is 0.373. The van der Waals surface area contributed by atoms with Gasteiger partial charge in [0.25, 0.3) is 5.91 Å². The van der Waals surface area contributed by atoms with Crippen molar-refractivity contribution in [3.05, 3.63) is 51.6 Å². The lowest BCUT2D eigenvalue weighted by Crippen LogP contribution is -2.15. The van der Waals surface area contributed by atoms with Crippen LogP contribution >= 0.6 is 0 Å². The SMILES string of the molecule is CCCOC(=O)c1ccc(NC(=O)c2cc(OC)c(OC)c(OC)c2[N+](=O)[O-])cc1. The molecular formula is C20H22N2O8. The number of anilines is 1. The van der Waals surface area contributed by atoms with E-state index in [1.807, 2.05) is 6.92 Å². The maximum Gasteiger partial charge on any atom is 0.338 e. The largest absolute Gasteiger partial charge is 0.493 e. The number of benzene rings is 2. The van der Waals surface area contributed by atoms with Crippen molar-refractivity contribution in [3.63, 3.8) is 0 Å². The zero-order chi connectivity index (χ0) is 22.3. The minimum absolute atomic E-state index is 0.00167. The van der Waals surface area contributed by atoms with E-state index in [0.29, 0.717) is 24.3 Å². The molecule has 0 aliphatic carbocycles. The van der Waals surface area contributed by atoms with E-state index < -0.39 is 22.5 Å². The normalized spacial score (nSPS) is 10.1. The van der Waals surface area contributed by atoms with Crippen LogP contribution in [0.1, 0.15) is 34.1 Å². The van der Waals surface area contributed by atoms with Gasteiger partial charge in [-0.15, -0.1) is 0 Å². The summed E-state index contributed by atoms with van der Waals surface area (Å²) in [6.45, 7) is 2.19. The van der Waals surface area contributed by atoms with E-state index in [-0.39, 0.29) is 22.8 Å². The minimum Gasteiger partial charge on any atom is -0.493 e. The Morgan fingerprint density at radius 1 is 1.03 bits per heavy atom. The van der Waals surface area contributed by atoms with E-state index in [1.165, 1.54) is 51.7 Å². The Morgan fingerprint density at radius 3 is 2.17 bits per heavy atom. The predicted molar refractivity (Wildman–Crippen MR) is 108 cm³/mol. The number of rotatable bonds is 9. The highest BCUT2D eigenvalue weighted by Crippen LogP contribution is 2.46. The summed E-state index contributed by atoms with van der Waals surface area (Å²) in [5.74, 6) is -1.38. The second-order valence-electron chi connectivity index (χ2n) is 5.97. The van der Waals surface area contributed by atoms with Gasteiger partial charge in [-0.25, -0.2) is 4.79 Å². The summed E-state index contributed by atoms with van der Waals surface area (Å²) >= 11 is 0. The molecule has 1 amide bonds. The van der Waals surface area contributed by atoms with E-state index in [0.717, 1.165) is 0 Å². The molecule has 2 aromatic carbocycles. The molecule has 0 aromatic heterocycles. The maximum absolute atomic E-state index is 12.8. The number of hydrogen-bond donors (Lipinski definition) is 1. The van der Waals surface area contributed by atoms with Gasteiger partial charge in [-0.1, -0.05) is 6.92 Å². The van der Waals surface area contributed by atoms with E-state index >= 15 is 0 Å². The molecule has 0 aliphatic heterocycles. The Hall–Kier alpha value is -3.82. The summed E-state index contributed by atoms with van der Waals surface area (Å²) < 4.78 is 20.5. The molecule has 2 aromatic rings. The zero-order valence-corrected chi connectivity index (χ0v) is 17.0. The highest BCUT2D eigenvalue weighted by atomic mass is 16.6. The molecule has 0 saturated heterocycles. The maximum atomic E-state index is 12.8. The van der Waals surface area contributed by atoms with Crippen LogP contribution in [-0.2, 0) is 4.74 Å². The molecule has 1 N–H and O–H groups in total. The number of hydrogen-bond acceptors (Lipinski definition) is 8. The Bertz CT molecular complexity index is 941. The lowest BCUT2D eigenvalue weighted by molar-refractivity contribution is -0.386. The van der Waals surface area contributed by atoms with Gasteiger partial charge in [0.1, 0.15) is 5.56 Å². The number of amides is 1. The van der Waals surface area contributed by atoms with Crippen LogP contribution in [0.25, 0.3) is 0 Å². The van der Waals surface area contributed by atoms with Gasteiger partial charge in [0, 0.05) is 11.8 Å². The number of esters is 1. The van der Waals surface area contributed by atoms with E-state index in [4.69, 9.17) is 18.9 Å². The number of carbonyl (C=O) groups excluding carboxylic acids is 2. The summed E-state index contributed by atoms with van der Waals surface area (Å²) in [5, 5.41) is 14.2. The van der Waals surface area contributed by atoms with Crippen molar-refractivity contribution in [2.75, 3.05) is 33.3 Å². The highest BCUT2D eigenvalue weighted by molar-refractivity contribution is 6.08. The van der Waals surface area contributed by atoms with Gasteiger partial charge in [-0.05, 0) is 30.7 Å². The fourth-order valence-corrected chi connectivity index (χ4v) is 2.66. The molecule has 0 fully saturated rings. The van der Waals surface area contributed by atoms with Gasteiger partial charge < -0.3 is 24.3 Å². The lowest BCUT2D eigenvalue weighted by Gasteiger charge is -2.15. The number of nitrogens with one attached hydrogen (secondary N) is 1. The summed E-state index contributed by atoms with van der Waals surface area (Å²) in [4.78, 5) is 35.5. The van der Waals surface area contributed by atoms with Gasteiger partial charge in [0.05, 0.1) is 38.4 Å². The summed E-state index contributed by atoms with van der Waals surface area (Å²) in [7, 11) is 3.86. The van der Waals surface area contributed by atoms with Gasteiger partial charge in [0.15, 0.2) is 5.75 Å². The summed E-state index contributed by atoms with van der Waals surface area (Å²) in [5.41, 5.74) is -0.191. The third-order valence-corrected chi connectivity index (χ3v) is 4.05. The number of methoxy groups -OCH3 is 3. The standard InChI is InChI=1S/C20H22N2O8/c1-5-10-30-20(24)12-6-8-13(9-7-12)21-19(23)14-11-15(27-2)17(28-3)18(29-4)16(14)22(25)26/h6-9,11H,5,10H2,1-4H3,(H,21,23). The smallest absolute Gasteiger partial charge is 0.338 e. The van der Waals surface area contributed by atoms with Crippen molar-refractivity contribution in [3.8, 4) is 17.2 Å². The van der Waals surface area contributed by atoms with Gasteiger partial charge in [-0.3, -0.25) is 14.9 Å². The Balaban J connectivity index is 2.36. The van der Waals surface area contributed by atoms with Crippen molar-refractivity contribution in [2.45, 2.75) is 13.3 Å². The monoisotopic (exact) mass is 418 g/mol. The molecule has 0 heterocycles. The summed E-state index contributed by atoms with van der Waals surface area (Å²) in [6, 6.07) is 7.15. The van der Waals surface area contributed by atoms with Crippen LogP contribution in [0.4, 0.5) is 11.4 Å². The Morgan fingerprint density at radius 2 is 1.67 bits per heavy atom. The molecule has 0 aliphatic rings. The minimum atomic E-state index is -0.762. The van der Waals surface area contributed by atoms with Gasteiger partial charge in [0.2, 0.25) is 11.5 Å². The van der Waals surface area contributed by atoms with Crippen LogP contribution < -0.4 is 19.5 Å². The summed E-state index contributed by atoms with van der Waals surface area (Å²) in [6.07, 6.45) is 0.702. The van der Waals surface area contributed by atoms with E-state index in [1.54, 1.807) is 0 Å². The number of carbonyl (C=O) groups is 2. The molecule has 10 heteroatoms. The fraction of sp³-hybridized carbons (Fsp3) is 0.300. The van der Waals surface area contributed by atoms with Gasteiger partial charge >= 0.3 is 11.7 Å². The third-order valence-electron chi connectivity index (χ3n) is 4.05. The van der Waals surface area contributed by atoms with Crippen LogP contribution in [0.5, 0.6) is 17.2 Å². The molecule has 2 rings (SSSR count). The average Bonchev–Trinajstić information content (AvgIpc) is 2.75. The topological polar surface area (TPSA) is 126 Å². The first kappa shape index (κ1) is 22.5. The van der Waals surface area contributed by atoms with Gasteiger partial charge in [-0.2, -0.15) is 0 Å². The van der Waals surface area contributed by atoms with Crippen molar-refractivity contribution in [1.82, 2.24) is 0 Å². The molecule has 160 valence electrons. The molecule has 0 spiro atoms. The molecule has 0 bridgehead atoms. The van der Waals surface area contributed by atoms with E-state index in [2.05, 4.69) is 5.32 Å². The highest BCUT2D eigenvalue weighted by Gasteiger charge is 2.32. The van der Waals surface area contributed by atoms with Crippen molar-refractivity contribution < 1.29 is 33.5 Å². The van der Waals surface area contributed by atoms with E-state index in [9.17, 15) is 19.7 Å². The lowest BCUT2D eigenvalue weighted by atomic mass is 10.1. The molecule has 0 radical (unpaired) electrons. The number of nitro benzene ring substituents is 1. The average molecular weight is 418 g/mol. The molecular weight excluding hydrogens is 396 g/mol. The number of ether oxygens (including phenoxy) is 4. The second kappa shape index (κ2) is 10.1. The first-order valence-electron chi connectivity index (χ1n) is 8.93. The van der Waals surface area contributed by atoms with Crippen molar-refractivity contribution in [2.24, 2.45) is 0 Å². The number of nitro groups is 1. The number of nitrogens with zero attached hydrogens (tertiary/aromatic N) is 1. The first-order chi connectivity index (χ1) is 14.4. The zero-order valence-electron chi connectivity index (χ0n) is 17.0. The van der Waals surface area contributed by atoms with Crippen LogP contribution in [0.15, 0.2) is 30.3 Å². The molecule has 0 unspecified atom stereocenters. The van der Waals surface area contributed by atoms with Crippen LogP contribution in [-0.4, -0.2) is 44.7 Å². The van der Waals surface area contributed by atoms with Crippen LogP contribution in [0.3, 0.4) is 0 Å². The Kier molecular flexibility index (Phi) is 7.56. The predicted octanol–water partition coefficient (Wildman–Crippen LogP) is 3.44. The van der Waals surface area contributed by atoms with Crippen LogP contribution in [0.2, 0.25) is 0 Å². The van der Waals surface area contributed by atoms with Crippen molar-refractivity contribution in [1.29, 1.82) is 0 Å². The fourth-order valence-electron chi connectivity index (χ4n) is 2.66. The third kappa shape index (κ3) is 4.77. The van der Waals surface area contributed by atoms with Crippen molar-refractivity contribution >= 4 is 23.3 Å². The molecule has 30 heavy (non-hydrogen) atoms. The molecule has 0 saturated carbocycles. The Labute approximate surface area is 172 Å². The second-order valence-corrected chi connectivity index (χ2v) is 5.97.